The van der Waals surface area contributed by atoms with Gasteiger partial charge in [-0.25, -0.2) is 8.78 Å². The number of ether oxygens (including phenoxy) is 1. The molecule has 0 saturated carbocycles. The van der Waals surface area contributed by atoms with Crippen molar-refractivity contribution in [2.24, 2.45) is 0 Å². The second kappa shape index (κ2) is 8.86. The molecular weight excluding hydrogens is 380 g/mol. The lowest BCUT2D eigenvalue weighted by Crippen LogP contribution is -1.95. The molecule has 4 aromatic rings. The van der Waals surface area contributed by atoms with E-state index in [1.54, 1.807) is 25.3 Å². The SMILES string of the molecule is COCCc1ccc(-c2ccc(C#Cc3ccc4cc(F)c(F)cc4c3)cc2)nc1. The van der Waals surface area contributed by atoms with Crippen molar-refractivity contribution < 1.29 is 13.5 Å². The lowest BCUT2D eigenvalue weighted by Gasteiger charge is -2.04. The summed E-state index contributed by atoms with van der Waals surface area (Å²) in [5.74, 6) is 4.49. The first-order valence-electron chi connectivity index (χ1n) is 9.57. The highest BCUT2D eigenvalue weighted by Gasteiger charge is 2.04. The maximum atomic E-state index is 13.5. The summed E-state index contributed by atoms with van der Waals surface area (Å²) in [6.07, 6.45) is 2.71. The van der Waals surface area contributed by atoms with Gasteiger partial charge in [-0.1, -0.05) is 36.1 Å². The summed E-state index contributed by atoms with van der Waals surface area (Å²) in [5.41, 5.74) is 4.66. The molecule has 0 atom stereocenters. The van der Waals surface area contributed by atoms with E-state index in [1.165, 1.54) is 12.1 Å². The molecule has 0 bridgehead atoms. The van der Waals surface area contributed by atoms with Gasteiger partial charge in [-0.05, 0) is 65.2 Å². The topological polar surface area (TPSA) is 22.1 Å². The predicted molar refractivity (Wildman–Crippen MR) is 115 cm³/mol. The zero-order chi connectivity index (χ0) is 20.9. The van der Waals surface area contributed by atoms with Crippen LogP contribution in [0, 0.1) is 23.5 Å². The van der Waals surface area contributed by atoms with Gasteiger partial charge in [0, 0.05) is 30.0 Å². The van der Waals surface area contributed by atoms with Crippen molar-refractivity contribution >= 4 is 10.8 Å². The average molecular weight is 399 g/mol. The summed E-state index contributed by atoms with van der Waals surface area (Å²) in [4.78, 5) is 4.52. The van der Waals surface area contributed by atoms with Crippen LogP contribution in [0.2, 0.25) is 0 Å². The number of hydrogen-bond acceptors (Lipinski definition) is 2. The van der Waals surface area contributed by atoms with Crippen LogP contribution in [0.25, 0.3) is 22.0 Å². The van der Waals surface area contributed by atoms with Gasteiger partial charge in [-0.2, -0.15) is 0 Å². The van der Waals surface area contributed by atoms with Crippen LogP contribution in [0.3, 0.4) is 0 Å². The van der Waals surface area contributed by atoms with Gasteiger partial charge >= 0.3 is 0 Å². The zero-order valence-electron chi connectivity index (χ0n) is 16.5. The van der Waals surface area contributed by atoms with Crippen LogP contribution in [-0.2, 0) is 11.2 Å². The molecule has 4 heteroatoms. The van der Waals surface area contributed by atoms with Gasteiger partial charge in [0.2, 0.25) is 0 Å². The number of methoxy groups -OCH3 is 1. The average Bonchev–Trinajstić information content (AvgIpc) is 2.78. The Kier molecular flexibility index (Phi) is 5.83. The monoisotopic (exact) mass is 399 g/mol. The van der Waals surface area contributed by atoms with Gasteiger partial charge in [0.05, 0.1) is 12.3 Å². The molecule has 0 fully saturated rings. The molecule has 1 heterocycles. The van der Waals surface area contributed by atoms with Crippen molar-refractivity contribution in [3.05, 3.63) is 101 Å². The van der Waals surface area contributed by atoms with Crippen molar-refractivity contribution in [1.82, 2.24) is 4.98 Å². The van der Waals surface area contributed by atoms with Crippen LogP contribution < -0.4 is 0 Å². The Hall–Kier alpha value is -3.55. The van der Waals surface area contributed by atoms with E-state index in [2.05, 4.69) is 22.9 Å². The van der Waals surface area contributed by atoms with E-state index in [9.17, 15) is 8.78 Å². The molecule has 148 valence electrons. The molecule has 4 rings (SSSR count). The first-order chi connectivity index (χ1) is 14.6. The fourth-order valence-corrected chi connectivity index (χ4v) is 3.15. The predicted octanol–water partition coefficient (Wildman–Crippen LogP) is 5.77. The molecular formula is C26H19F2NO. The van der Waals surface area contributed by atoms with Gasteiger partial charge in [0.15, 0.2) is 11.6 Å². The van der Waals surface area contributed by atoms with Crippen molar-refractivity contribution in [3.8, 4) is 23.1 Å². The van der Waals surface area contributed by atoms with Gasteiger partial charge in [0.25, 0.3) is 0 Å². The highest BCUT2D eigenvalue weighted by Crippen LogP contribution is 2.20. The van der Waals surface area contributed by atoms with Crippen LogP contribution in [0.4, 0.5) is 8.78 Å². The highest BCUT2D eigenvalue weighted by atomic mass is 19.2. The number of rotatable bonds is 4. The smallest absolute Gasteiger partial charge is 0.159 e. The quantitative estimate of drug-likeness (QED) is 0.407. The largest absolute Gasteiger partial charge is 0.384 e. The highest BCUT2D eigenvalue weighted by molar-refractivity contribution is 5.84. The second-order valence-corrected chi connectivity index (χ2v) is 6.95. The Labute approximate surface area is 174 Å². The second-order valence-electron chi connectivity index (χ2n) is 6.95. The molecule has 0 unspecified atom stereocenters. The Morgan fingerprint density at radius 3 is 2.20 bits per heavy atom. The van der Waals surface area contributed by atoms with Gasteiger partial charge in [-0.3, -0.25) is 4.98 Å². The molecule has 0 N–H and O–H groups in total. The number of fused-ring (bicyclic) bond motifs is 1. The molecule has 0 saturated heterocycles. The summed E-state index contributed by atoms with van der Waals surface area (Å²) in [5, 5.41) is 1.26. The molecule has 0 radical (unpaired) electrons. The first-order valence-corrected chi connectivity index (χ1v) is 9.57. The molecule has 30 heavy (non-hydrogen) atoms. The van der Waals surface area contributed by atoms with E-state index >= 15 is 0 Å². The fourth-order valence-electron chi connectivity index (χ4n) is 3.15. The van der Waals surface area contributed by atoms with Crippen LogP contribution in [-0.4, -0.2) is 18.7 Å². The van der Waals surface area contributed by atoms with Gasteiger partial charge < -0.3 is 4.74 Å². The molecule has 3 aromatic carbocycles. The maximum Gasteiger partial charge on any atom is 0.159 e. The Morgan fingerprint density at radius 2 is 1.50 bits per heavy atom. The summed E-state index contributed by atoms with van der Waals surface area (Å²) in [7, 11) is 1.69. The van der Waals surface area contributed by atoms with E-state index in [0.717, 1.165) is 34.4 Å². The standard InChI is InChI=1S/C26H19F2NO/c1-30-13-12-20-7-11-26(29-17-20)21-8-4-18(5-9-21)2-3-19-6-10-22-15-24(27)25(28)16-23(22)14-19/h4-11,14-17H,12-13H2,1H3. The van der Waals surface area contributed by atoms with Crippen molar-refractivity contribution in [3.63, 3.8) is 0 Å². The number of pyridine rings is 1. The summed E-state index contributed by atoms with van der Waals surface area (Å²) < 4.78 is 31.9. The van der Waals surface area contributed by atoms with Crippen LogP contribution in [0.5, 0.6) is 0 Å². The van der Waals surface area contributed by atoms with E-state index in [-0.39, 0.29) is 0 Å². The van der Waals surface area contributed by atoms with E-state index in [1.807, 2.05) is 36.5 Å². The minimum atomic E-state index is -0.858. The van der Waals surface area contributed by atoms with Gasteiger partial charge in [0.1, 0.15) is 0 Å². The molecule has 0 aliphatic carbocycles. The summed E-state index contributed by atoms with van der Waals surface area (Å²) >= 11 is 0. The number of benzene rings is 3. The van der Waals surface area contributed by atoms with Gasteiger partial charge in [-0.15, -0.1) is 0 Å². The lowest BCUT2D eigenvalue weighted by molar-refractivity contribution is 0.202. The third-order valence-corrected chi connectivity index (χ3v) is 4.83. The third-order valence-electron chi connectivity index (χ3n) is 4.83. The minimum absolute atomic E-state index is 0.621. The van der Waals surface area contributed by atoms with Crippen LogP contribution in [0.15, 0.2) is 72.9 Å². The fraction of sp³-hybridized carbons (Fsp3) is 0.115. The van der Waals surface area contributed by atoms with Crippen molar-refractivity contribution in [1.29, 1.82) is 0 Å². The van der Waals surface area contributed by atoms with E-state index in [4.69, 9.17) is 4.74 Å². The summed E-state index contributed by atoms with van der Waals surface area (Å²) in [6.45, 7) is 0.678. The molecule has 0 amide bonds. The van der Waals surface area contributed by atoms with Crippen molar-refractivity contribution in [2.75, 3.05) is 13.7 Å². The van der Waals surface area contributed by atoms with Crippen LogP contribution >= 0.6 is 0 Å². The van der Waals surface area contributed by atoms with Crippen molar-refractivity contribution in [2.45, 2.75) is 6.42 Å². The zero-order valence-corrected chi connectivity index (χ0v) is 16.5. The first kappa shape index (κ1) is 19.8. The molecule has 0 spiro atoms. The van der Waals surface area contributed by atoms with E-state index in [0.29, 0.717) is 17.4 Å². The number of aromatic nitrogens is 1. The normalized spacial score (nSPS) is 10.6. The molecule has 0 aliphatic heterocycles. The Morgan fingerprint density at radius 1 is 0.800 bits per heavy atom. The Balaban J connectivity index is 1.51. The van der Waals surface area contributed by atoms with Crippen LogP contribution in [0.1, 0.15) is 16.7 Å². The number of nitrogens with zero attached hydrogens (tertiary/aromatic N) is 1. The Bertz CT molecular complexity index is 1240. The molecule has 1 aromatic heterocycles. The van der Waals surface area contributed by atoms with E-state index < -0.39 is 11.6 Å². The lowest BCUT2D eigenvalue weighted by atomic mass is 10.1. The molecule has 2 nitrogen and oxygen atoms in total. The third kappa shape index (κ3) is 4.53. The maximum absolute atomic E-state index is 13.5. The number of halogens is 2. The summed E-state index contributed by atoms with van der Waals surface area (Å²) in [6, 6.07) is 19.6. The number of hydrogen-bond donors (Lipinski definition) is 0. The molecule has 0 aliphatic rings. The minimum Gasteiger partial charge on any atom is -0.384 e.